The molecule has 1 unspecified atom stereocenters. The first-order valence-electron chi connectivity index (χ1n) is 7.18. The predicted octanol–water partition coefficient (Wildman–Crippen LogP) is 1.47. The van der Waals surface area contributed by atoms with Gasteiger partial charge in [0.1, 0.15) is 0 Å². The summed E-state index contributed by atoms with van der Waals surface area (Å²) in [4.78, 5) is 4.20. The summed E-state index contributed by atoms with van der Waals surface area (Å²) >= 11 is 0. The molecule has 1 atom stereocenters. The van der Waals surface area contributed by atoms with E-state index in [1.807, 2.05) is 6.07 Å². The van der Waals surface area contributed by atoms with Crippen LogP contribution in [0.25, 0.3) is 0 Å². The summed E-state index contributed by atoms with van der Waals surface area (Å²) in [6.07, 6.45) is 3.09. The highest BCUT2D eigenvalue weighted by Gasteiger charge is 2.29. The summed E-state index contributed by atoms with van der Waals surface area (Å²) < 4.78 is 11.0. The second-order valence-electron chi connectivity index (χ2n) is 5.32. The van der Waals surface area contributed by atoms with E-state index in [0.717, 1.165) is 49.8 Å². The second kappa shape index (κ2) is 6.74. The molecule has 20 heavy (non-hydrogen) atoms. The molecule has 0 aliphatic carbocycles. The van der Waals surface area contributed by atoms with Gasteiger partial charge in [-0.3, -0.25) is 4.99 Å². The second-order valence-corrected chi connectivity index (χ2v) is 5.32. The molecule has 1 fully saturated rings. The average molecular weight is 280 g/mol. The van der Waals surface area contributed by atoms with Gasteiger partial charge < -0.3 is 19.9 Å². The molecule has 0 aromatic carbocycles. The molecule has 0 radical (unpaired) electrons. The highest BCUT2D eigenvalue weighted by atomic mass is 16.5. The fourth-order valence-electron chi connectivity index (χ4n) is 2.24. The number of aliphatic imine (C=N–C) groups is 1. The first-order chi connectivity index (χ1) is 9.65. The standard InChI is InChI=1S/C14H24N4O2/c1-4-11-8-12(20-18-11)9-16-13(15-3)17-10-14(2)6-5-7-19-14/h8H,4-7,9-10H2,1-3H3,(H2,15,16,17). The number of ether oxygens (including phenoxy) is 1. The molecule has 112 valence electrons. The van der Waals surface area contributed by atoms with Crippen molar-refractivity contribution in [3.8, 4) is 0 Å². The van der Waals surface area contributed by atoms with E-state index >= 15 is 0 Å². The van der Waals surface area contributed by atoms with Crippen LogP contribution in [0.15, 0.2) is 15.6 Å². The summed E-state index contributed by atoms with van der Waals surface area (Å²) in [6.45, 7) is 6.36. The molecule has 1 aliphatic heterocycles. The molecule has 2 N–H and O–H groups in total. The Balaban J connectivity index is 1.77. The average Bonchev–Trinajstić information content (AvgIpc) is 3.08. The van der Waals surface area contributed by atoms with E-state index in [1.54, 1.807) is 7.05 Å². The summed E-state index contributed by atoms with van der Waals surface area (Å²) in [7, 11) is 1.75. The van der Waals surface area contributed by atoms with Gasteiger partial charge in [-0.1, -0.05) is 12.1 Å². The highest BCUT2D eigenvalue weighted by molar-refractivity contribution is 5.79. The third-order valence-corrected chi connectivity index (χ3v) is 3.55. The van der Waals surface area contributed by atoms with Gasteiger partial charge in [-0.05, 0) is 26.2 Å². The SMILES string of the molecule is CCc1cc(CNC(=NC)NCC2(C)CCCO2)on1. The van der Waals surface area contributed by atoms with E-state index in [1.165, 1.54) is 0 Å². The van der Waals surface area contributed by atoms with Crippen LogP contribution in [-0.2, 0) is 17.7 Å². The van der Waals surface area contributed by atoms with E-state index in [2.05, 4.69) is 34.6 Å². The number of nitrogens with one attached hydrogen (secondary N) is 2. The van der Waals surface area contributed by atoms with Crippen LogP contribution >= 0.6 is 0 Å². The molecule has 1 aliphatic rings. The molecule has 2 rings (SSSR count). The van der Waals surface area contributed by atoms with Crippen LogP contribution in [0, 0.1) is 0 Å². The van der Waals surface area contributed by atoms with Gasteiger partial charge in [0, 0.05) is 26.3 Å². The largest absolute Gasteiger partial charge is 0.373 e. The van der Waals surface area contributed by atoms with E-state index < -0.39 is 0 Å². The monoisotopic (exact) mass is 280 g/mol. The lowest BCUT2D eigenvalue weighted by molar-refractivity contribution is 0.0243. The minimum atomic E-state index is -0.0841. The number of rotatable bonds is 5. The summed E-state index contributed by atoms with van der Waals surface area (Å²) in [5, 5.41) is 10.5. The first kappa shape index (κ1) is 14.8. The van der Waals surface area contributed by atoms with Crippen molar-refractivity contribution in [1.29, 1.82) is 0 Å². The zero-order chi connectivity index (χ0) is 14.4. The van der Waals surface area contributed by atoms with Gasteiger partial charge >= 0.3 is 0 Å². The molecule has 1 aromatic heterocycles. The van der Waals surface area contributed by atoms with Gasteiger partial charge in [0.2, 0.25) is 0 Å². The Morgan fingerprint density at radius 2 is 2.35 bits per heavy atom. The predicted molar refractivity (Wildman–Crippen MR) is 77.7 cm³/mol. The fraction of sp³-hybridized carbons (Fsp3) is 0.714. The van der Waals surface area contributed by atoms with E-state index in [-0.39, 0.29) is 5.60 Å². The summed E-state index contributed by atoms with van der Waals surface area (Å²) in [5.74, 6) is 1.56. The molecular formula is C14H24N4O2. The molecule has 6 nitrogen and oxygen atoms in total. The van der Waals surface area contributed by atoms with E-state index in [9.17, 15) is 0 Å². The van der Waals surface area contributed by atoms with Gasteiger partial charge in [0.15, 0.2) is 11.7 Å². The molecule has 1 saturated heterocycles. The molecule has 2 heterocycles. The zero-order valence-corrected chi connectivity index (χ0v) is 12.5. The van der Waals surface area contributed by atoms with E-state index in [4.69, 9.17) is 9.26 Å². The van der Waals surface area contributed by atoms with Gasteiger partial charge in [-0.25, -0.2) is 0 Å². The number of aromatic nitrogens is 1. The topological polar surface area (TPSA) is 71.7 Å². The lowest BCUT2D eigenvalue weighted by atomic mass is 10.0. The first-order valence-corrected chi connectivity index (χ1v) is 7.18. The molecule has 0 amide bonds. The Bertz CT molecular complexity index is 450. The van der Waals surface area contributed by atoms with Gasteiger partial charge in [0.05, 0.1) is 17.8 Å². The van der Waals surface area contributed by atoms with Gasteiger partial charge in [-0.2, -0.15) is 0 Å². The Kier molecular flexibility index (Phi) is 5.00. The molecule has 1 aromatic rings. The lowest BCUT2D eigenvalue weighted by Gasteiger charge is -2.24. The number of hydrogen-bond acceptors (Lipinski definition) is 4. The minimum Gasteiger partial charge on any atom is -0.373 e. The van der Waals surface area contributed by atoms with Crippen LogP contribution in [0.2, 0.25) is 0 Å². The third kappa shape index (κ3) is 3.96. The van der Waals surface area contributed by atoms with Crippen LogP contribution in [0.5, 0.6) is 0 Å². The van der Waals surface area contributed by atoms with Crippen molar-refractivity contribution in [1.82, 2.24) is 15.8 Å². The van der Waals surface area contributed by atoms with Crippen LogP contribution < -0.4 is 10.6 Å². The van der Waals surface area contributed by atoms with Crippen LogP contribution in [0.1, 0.15) is 38.1 Å². The van der Waals surface area contributed by atoms with Crippen molar-refractivity contribution in [2.75, 3.05) is 20.2 Å². The maximum atomic E-state index is 5.74. The Morgan fingerprint density at radius 3 is 2.95 bits per heavy atom. The summed E-state index contributed by atoms with van der Waals surface area (Å²) in [6, 6.07) is 1.96. The number of nitrogens with zero attached hydrogens (tertiary/aromatic N) is 2. The van der Waals surface area contributed by atoms with Crippen LogP contribution in [0.4, 0.5) is 0 Å². The Hall–Kier alpha value is -1.56. The maximum absolute atomic E-state index is 5.74. The lowest BCUT2D eigenvalue weighted by Crippen LogP contribution is -2.45. The van der Waals surface area contributed by atoms with Crippen molar-refractivity contribution in [3.63, 3.8) is 0 Å². The van der Waals surface area contributed by atoms with E-state index in [0.29, 0.717) is 6.54 Å². The van der Waals surface area contributed by atoms with Gasteiger partial charge in [0.25, 0.3) is 0 Å². The quantitative estimate of drug-likeness (QED) is 0.631. The van der Waals surface area contributed by atoms with Gasteiger partial charge in [-0.15, -0.1) is 0 Å². The molecule has 0 spiro atoms. The number of hydrogen-bond donors (Lipinski definition) is 2. The Morgan fingerprint density at radius 1 is 1.50 bits per heavy atom. The molecule has 0 saturated carbocycles. The van der Waals surface area contributed by atoms with Crippen molar-refractivity contribution in [3.05, 3.63) is 17.5 Å². The Labute approximate surface area is 120 Å². The van der Waals surface area contributed by atoms with Crippen LogP contribution in [0.3, 0.4) is 0 Å². The van der Waals surface area contributed by atoms with Crippen molar-refractivity contribution >= 4 is 5.96 Å². The normalized spacial score (nSPS) is 23.1. The van der Waals surface area contributed by atoms with Crippen molar-refractivity contribution in [2.24, 2.45) is 4.99 Å². The fourth-order valence-corrected chi connectivity index (χ4v) is 2.24. The number of guanidine groups is 1. The minimum absolute atomic E-state index is 0.0841. The van der Waals surface area contributed by atoms with Crippen molar-refractivity contribution in [2.45, 2.75) is 45.3 Å². The molecular weight excluding hydrogens is 256 g/mol. The third-order valence-electron chi connectivity index (χ3n) is 3.55. The highest BCUT2D eigenvalue weighted by Crippen LogP contribution is 2.23. The smallest absolute Gasteiger partial charge is 0.191 e. The number of aryl methyl sites for hydroxylation is 1. The van der Waals surface area contributed by atoms with Crippen LogP contribution in [-0.4, -0.2) is 36.9 Å². The summed E-state index contributed by atoms with van der Waals surface area (Å²) in [5.41, 5.74) is 0.885. The van der Waals surface area contributed by atoms with Crippen molar-refractivity contribution < 1.29 is 9.26 Å². The maximum Gasteiger partial charge on any atom is 0.191 e. The zero-order valence-electron chi connectivity index (χ0n) is 12.5. The molecule has 0 bridgehead atoms. The molecule has 6 heteroatoms.